The van der Waals surface area contributed by atoms with E-state index in [1.807, 2.05) is 44.4 Å². The summed E-state index contributed by atoms with van der Waals surface area (Å²) in [5.41, 5.74) is 0. The third-order valence-electron chi connectivity index (χ3n) is 3.17. The number of para-hydroxylation sites is 1. The van der Waals surface area contributed by atoms with E-state index in [0.717, 1.165) is 35.8 Å². The van der Waals surface area contributed by atoms with Crippen LogP contribution < -0.4 is 10.1 Å². The largest absolute Gasteiger partial charge is 0.464 e. The van der Waals surface area contributed by atoms with Crippen LogP contribution in [-0.4, -0.2) is 36.2 Å². The van der Waals surface area contributed by atoms with Crippen molar-refractivity contribution < 1.29 is 14.1 Å². The second-order valence-corrected chi connectivity index (χ2v) is 6.88. The number of hydrogen-bond donors (Lipinski definition) is 1. The molecule has 8 heteroatoms. The number of nitrogens with one attached hydrogen (secondary N) is 1. The van der Waals surface area contributed by atoms with Gasteiger partial charge in [0.15, 0.2) is 0 Å². The molecule has 0 amide bonds. The monoisotopic (exact) mass is 377 g/mol. The lowest BCUT2D eigenvalue weighted by Gasteiger charge is -2.10. The Labute approximate surface area is 157 Å². The molecule has 2 rings (SSSR count). The highest BCUT2D eigenvalue weighted by Crippen LogP contribution is 2.16. The highest BCUT2D eigenvalue weighted by atomic mass is 32.2. The third-order valence-corrected chi connectivity index (χ3v) is 4.15. The minimum Gasteiger partial charge on any atom is -0.464 e. The molecule has 1 aromatic carbocycles. The van der Waals surface area contributed by atoms with Crippen LogP contribution in [0.3, 0.4) is 0 Å². The molecule has 0 aliphatic carbocycles. The molecule has 0 bridgehead atoms. The molecule has 0 radical (unpaired) electrons. The van der Waals surface area contributed by atoms with E-state index in [1.165, 1.54) is 0 Å². The normalized spacial score (nSPS) is 11.6. The molecule has 2 aromatic rings. The number of nitro groups is 1. The minimum atomic E-state index is -0.534. The molecule has 0 saturated heterocycles. The Kier molecular flexibility index (Phi) is 8.04. The van der Waals surface area contributed by atoms with Crippen molar-refractivity contribution in [2.75, 3.05) is 26.4 Å². The minimum absolute atomic E-state index is 0.119. The van der Waals surface area contributed by atoms with Gasteiger partial charge in [-0.15, -0.1) is 0 Å². The number of ether oxygens (including phenoxy) is 1. The molecular formula is C18H23N3O4S. The second-order valence-electron chi connectivity index (χ2n) is 5.78. The predicted octanol–water partition coefficient (Wildman–Crippen LogP) is 3.32. The molecule has 0 unspecified atom stereocenters. The van der Waals surface area contributed by atoms with Crippen molar-refractivity contribution in [2.45, 2.75) is 12.3 Å². The van der Waals surface area contributed by atoms with Crippen LogP contribution in [0.4, 0.5) is 0 Å². The summed E-state index contributed by atoms with van der Waals surface area (Å²) >= 11 is 1.68. The first-order valence-corrected chi connectivity index (χ1v) is 9.30. The maximum Gasteiger partial charge on any atom is 0.294 e. The molecule has 0 fully saturated rings. The average Bonchev–Trinajstić information content (AvgIpc) is 3.01. The van der Waals surface area contributed by atoms with E-state index < -0.39 is 4.92 Å². The van der Waals surface area contributed by atoms with Crippen LogP contribution >= 0.6 is 11.8 Å². The number of hydrogen-bond acceptors (Lipinski definition) is 7. The van der Waals surface area contributed by atoms with Crippen LogP contribution in [-0.2, 0) is 12.3 Å². The summed E-state index contributed by atoms with van der Waals surface area (Å²) in [6.07, 6.45) is 0.831. The van der Waals surface area contributed by atoms with E-state index in [2.05, 4.69) is 10.2 Å². The van der Waals surface area contributed by atoms with Crippen LogP contribution in [0, 0.1) is 10.1 Å². The van der Waals surface area contributed by atoms with Gasteiger partial charge in [0, 0.05) is 12.3 Å². The first-order chi connectivity index (χ1) is 12.5. The second kappa shape index (κ2) is 10.5. The molecule has 0 saturated carbocycles. The first kappa shape index (κ1) is 19.9. The lowest BCUT2D eigenvalue weighted by Crippen LogP contribution is -2.21. The lowest BCUT2D eigenvalue weighted by molar-refractivity contribution is -0.405. The van der Waals surface area contributed by atoms with Gasteiger partial charge in [0.05, 0.1) is 17.2 Å². The van der Waals surface area contributed by atoms with Crippen molar-refractivity contribution in [1.82, 2.24) is 10.2 Å². The van der Waals surface area contributed by atoms with Gasteiger partial charge in [-0.05, 0) is 38.4 Å². The molecule has 0 aliphatic rings. The summed E-state index contributed by atoms with van der Waals surface area (Å²) in [6.45, 7) is 1.32. The van der Waals surface area contributed by atoms with Crippen LogP contribution in [0.25, 0.3) is 0 Å². The van der Waals surface area contributed by atoms with Crippen LogP contribution in [0.2, 0.25) is 0 Å². The number of rotatable bonds is 11. The van der Waals surface area contributed by atoms with Crippen molar-refractivity contribution in [3.05, 3.63) is 76.2 Å². The number of furan rings is 1. The smallest absolute Gasteiger partial charge is 0.294 e. The maximum absolute atomic E-state index is 10.7. The Hall–Kier alpha value is -2.45. The van der Waals surface area contributed by atoms with Gasteiger partial charge in [-0.3, -0.25) is 10.1 Å². The fourth-order valence-corrected chi connectivity index (χ4v) is 2.88. The van der Waals surface area contributed by atoms with E-state index in [4.69, 9.17) is 9.15 Å². The van der Waals surface area contributed by atoms with Crippen LogP contribution in [0.5, 0.6) is 5.75 Å². The number of nitrogens with zero attached hydrogens (tertiary/aromatic N) is 2. The molecule has 0 atom stereocenters. The quantitative estimate of drug-likeness (QED) is 0.278. The van der Waals surface area contributed by atoms with Crippen LogP contribution in [0.1, 0.15) is 11.5 Å². The Bertz CT molecular complexity index is 716. The lowest BCUT2D eigenvalue weighted by atomic mass is 10.3. The Morgan fingerprint density at radius 1 is 1.27 bits per heavy atom. The molecule has 0 aliphatic heterocycles. The molecular weight excluding hydrogens is 354 g/mol. The van der Waals surface area contributed by atoms with Crippen LogP contribution in [0.15, 0.2) is 59.0 Å². The molecule has 140 valence electrons. The van der Waals surface area contributed by atoms with Gasteiger partial charge in [-0.2, -0.15) is 11.8 Å². The maximum atomic E-state index is 10.7. The topological polar surface area (TPSA) is 80.8 Å². The molecule has 7 nitrogen and oxygen atoms in total. The van der Waals surface area contributed by atoms with Gasteiger partial charge >= 0.3 is 0 Å². The highest BCUT2D eigenvalue weighted by Gasteiger charge is 2.07. The summed E-state index contributed by atoms with van der Waals surface area (Å²) in [6, 6.07) is 12.9. The summed E-state index contributed by atoms with van der Waals surface area (Å²) in [5.74, 6) is 4.04. The van der Waals surface area contributed by atoms with E-state index in [0.29, 0.717) is 12.3 Å². The highest BCUT2D eigenvalue weighted by molar-refractivity contribution is 7.98. The van der Waals surface area contributed by atoms with E-state index in [-0.39, 0.29) is 5.88 Å². The molecule has 1 heterocycles. The summed E-state index contributed by atoms with van der Waals surface area (Å²) in [4.78, 5) is 12.3. The molecule has 1 aromatic heterocycles. The zero-order valence-electron chi connectivity index (χ0n) is 14.9. The standard InChI is InChI=1S/C18H23N3O4S/c1-20(2)12-16-8-9-17(24-16)14-26-11-10-19-18(13-21(22)23)25-15-6-4-3-5-7-15/h3-9,13,19H,10-12,14H2,1-2H3. The zero-order valence-corrected chi connectivity index (χ0v) is 15.7. The number of benzene rings is 1. The fraction of sp³-hybridized carbons (Fsp3) is 0.333. The van der Waals surface area contributed by atoms with Crippen molar-refractivity contribution in [1.29, 1.82) is 0 Å². The summed E-state index contributed by atoms with van der Waals surface area (Å²) < 4.78 is 11.3. The predicted molar refractivity (Wildman–Crippen MR) is 102 cm³/mol. The van der Waals surface area contributed by atoms with Crippen molar-refractivity contribution in [3.63, 3.8) is 0 Å². The molecule has 26 heavy (non-hydrogen) atoms. The van der Waals surface area contributed by atoms with Gasteiger partial charge < -0.3 is 19.4 Å². The number of thioether (sulfide) groups is 1. The van der Waals surface area contributed by atoms with Gasteiger partial charge in [-0.25, -0.2) is 0 Å². The molecule has 1 N–H and O–H groups in total. The summed E-state index contributed by atoms with van der Waals surface area (Å²) in [7, 11) is 3.99. The molecule has 0 spiro atoms. The third kappa shape index (κ3) is 7.62. The Balaban J connectivity index is 1.73. The van der Waals surface area contributed by atoms with E-state index in [1.54, 1.807) is 23.9 Å². The Morgan fingerprint density at radius 2 is 2.00 bits per heavy atom. The van der Waals surface area contributed by atoms with Crippen molar-refractivity contribution >= 4 is 11.8 Å². The zero-order chi connectivity index (χ0) is 18.8. The van der Waals surface area contributed by atoms with Gasteiger partial charge in [0.1, 0.15) is 17.3 Å². The van der Waals surface area contributed by atoms with Gasteiger partial charge in [0.2, 0.25) is 0 Å². The van der Waals surface area contributed by atoms with E-state index in [9.17, 15) is 10.1 Å². The SMILES string of the molecule is CN(C)Cc1ccc(CSCCNC(=C[N+](=O)[O-])Oc2ccccc2)o1. The van der Waals surface area contributed by atoms with Crippen molar-refractivity contribution in [3.8, 4) is 5.75 Å². The van der Waals surface area contributed by atoms with Gasteiger partial charge in [-0.1, -0.05) is 18.2 Å². The fourth-order valence-electron chi connectivity index (χ4n) is 2.14. The first-order valence-electron chi connectivity index (χ1n) is 8.15. The van der Waals surface area contributed by atoms with E-state index >= 15 is 0 Å². The Morgan fingerprint density at radius 3 is 2.69 bits per heavy atom. The average molecular weight is 377 g/mol. The van der Waals surface area contributed by atoms with Gasteiger partial charge in [0.25, 0.3) is 12.1 Å². The summed E-state index contributed by atoms with van der Waals surface area (Å²) in [5, 5.41) is 13.7. The van der Waals surface area contributed by atoms with Crippen molar-refractivity contribution in [2.24, 2.45) is 0 Å².